The highest BCUT2D eigenvalue weighted by molar-refractivity contribution is 5.65. The summed E-state index contributed by atoms with van der Waals surface area (Å²) in [7, 11) is 0. The first-order valence-corrected chi connectivity index (χ1v) is 10.1. The van der Waals surface area contributed by atoms with Crippen LogP contribution >= 0.6 is 0 Å². The number of aliphatic hydroxyl groups excluding tert-OH is 1. The summed E-state index contributed by atoms with van der Waals surface area (Å²) in [5, 5.41) is 16.7. The zero-order chi connectivity index (χ0) is 22.7. The first-order chi connectivity index (χ1) is 14.6. The second kappa shape index (κ2) is 9.40. The van der Waals surface area contributed by atoms with Gasteiger partial charge in [0.15, 0.2) is 11.6 Å². The van der Waals surface area contributed by atoms with E-state index in [1.165, 1.54) is 6.07 Å². The SMILES string of the molecule is Cc1cc(-c2nc(-c3cc(F)c(OC[C@H](N)[C@@H](C)O)cc3C)no2)cc(NC(C)C)n1. The topological polar surface area (TPSA) is 119 Å². The molecule has 1 aromatic carbocycles. The number of ether oxygens (including phenoxy) is 1. The van der Waals surface area contributed by atoms with Crippen LogP contribution < -0.4 is 15.8 Å². The third kappa shape index (κ3) is 5.56. The quantitative estimate of drug-likeness (QED) is 0.498. The Kier molecular flexibility index (Phi) is 6.87. The van der Waals surface area contributed by atoms with Gasteiger partial charge in [0.1, 0.15) is 12.4 Å². The van der Waals surface area contributed by atoms with Gasteiger partial charge in [-0.15, -0.1) is 0 Å². The average Bonchev–Trinajstić information content (AvgIpc) is 3.17. The number of halogens is 1. The lowest BCUT2D eigenvalue weighted by Crippen LogP contribution is -2.38. The van der Waals surface area contributed by atoms with Crippen LogP contribution in [0.25, 0.3) is 22.8 Å². The van der Waals surface area contributed by atoms with Crippen molar-refractivity contribution in [2.75, 3.05) is 11.9 Å². The molecule has 0 amide bonds. The Hall–Kier alpha value is -3.04. The minimum absolute atomic E-state index is 0.00608. The number of nitrogens with one attached hydrogen (secondary N) is 1. The molecule has 2 heterocycles. The van der Waals surface area contributed by atoms with E-state index < -0.39 is 18.0 Å². The van der Waals surface area contributed by atoms with Crippen molar-refractivity contribution in [3.05, 3.63) is 41.3 Å². The van der Waals surface area contributed by atoms with Crippen molar-refractivity contribution in [3.8, 4) is 28.6 Å². The Bertz CT molecular complexity index is 1050. The average molecular weight is 429 g/mol. The molecule has 0 radical (unpaired) electrons. The van der Waals surface area contributed by atoms with Gasteiger partial charge in [-0.25, -0.2) is 9.37 Å². The van der Waals surface area contributed by atoms with Crippen molar-refractivity contribution in [2.45, 2.75) is 52.8 Å². The molecule has 8 nitrogen and oxygen atoms in total. The number of pyridine rings is 1. The van der Waals surface area contributed by atoms with Gasteiger partial charge in [-0.3, -0.25) is 0 Å². The summed E-state index contributed by atoms with van der Waals surface area (Å²) in [4.78, 5) is 8.90. The third-order valence-corrected chi connectivity index (χ3v) is 4.63. The third-order valence-electron chi connectivity index (χ3n) is 4.63. The molecular weight excluding hydrogens is 401 g/mol. The summed E-state index contributed by atoms with van der Waals surface area (Å²) >= 11 is 0. The number of aryl methyl sites for hydroxylation is 2. The first-order valence-electron chi connectivity index (χ1n) is 10.1. The number of rotatable bonds is 8. The predicted octanol–water partition coefficient (Wildman–Crippen LogP) is 3.46. The molecule has 0 aliphatic carbocycles. The number of aliphatic hydroxyl groups is 1. The van der Waals surface area contributed by atoms with E-state index in [1.807, 2.05) is 32.9 Å². The van der Waals surface area contributed by atoms with E-state index in [0.29, 0.717) is 22.8 Å². The fourth-order valence-corrected chi connectivity index (χ4v) is 2.94. The predicted molar refractivity (Wildman–Crippen MR) is 116 cm³/mol. The van der Waals surface area contributed by atoms with Crippen LogP contribution in [-0.2, 0) is 0 Å². The van der Waals surface area contributed by atoms with E-state index in [4.69, 9.17) is 15.0 Å². The maximum Gasteiger partial charge on any atom is 0.258 e. The van der Waals surface area contributed by atoms with Crippen LogP contribution in [0.2, 0.25) is 0 Å². The molecule has 2 aromatic heterocycles. The second-order valence-electron chi connectivity index (χ2n) is 7.92. The molecule has 0 spiro atoms. The summed E-state index contributed by atoms with van der Waals surface area (Å²) in [6.45, 7) is 9.28. The Morgan fingerprint density at radius 1 is 1.16 bits per heavy atom. The van der Waals surface area contributed by atoms with Gasteiger partial charge < -0.3 is 25.4 Å². The van der Waals surface area contributed by atoms with Crippen molar-refractivity contribution in [3.63, 3.8) is 0 Å². The molecule has 2 atom stereocenters. The number of hydrogen-bond donors (Lipinski definition) is 3. The summed E-state index contributed by atoms with van der Waals surface area (Å²) in [6, 6.07) is 6.14. The molecule has 0 aliphatic rings. The van der Waals surface area contributed by atoms with Crippen LogP contribution in [0.3, 0.4) is 0 Å². The monoisotopic (exact) mass is 429 g/mol. The van der Waals surface area contributed by atoms with Gasteiger partial charge in [-0.1, -0.05) is 5.16 Å². The van der Waals surface area contributed by atoms with Gasteiger partial charge in [0.2, 0.25) is 5.82 Å². The maximum atomic E-state index is 14.6. The highest BCUT2D eigenvalue weighted by Crippen LogP contribution is 2.30. The number of nitrogens with two attached hydrogens (primary N) is 1. The Labute approximate surface area is 180 Å². The summed E-state index contributed by atoms with van der Waals surface area (Å²) in [6.07, 6.45) is -0.755. The van der Waals surface area contributed by atoms with Gasteiger partial charge in [0, 0.05) is 22.9 Å². The Morgan fingerprint density at radius 3 is 2.58 bits per heavy atom. The molecule has 0 bridgehead atoms. The smallest absolute Gasteiger partial charge is 0.258 e. The van der Waals surface area contributed by atoms with Crippen LogP contribution in [0, 0.1) is 19.7 Å². The fourth-order valence-electron chi connectivity index (χ4n) is 2.94. The lowest BCUT2D eigenvalue weighted by Gasteiger charge is -2.16. The van der Waals surface area contributed by atoms with Gasteiger partial charge in [-0.2, -0.15) is 4.98 Å². The normalized spacial score (nSPS) is 13.3. The lowest BCUT2D eigenvalue weighted by molar-refractivity contribution is 0.129. The van der Waals surface area contributed by atoms with E-state index in [9.17, 15) is 9.50 Å². The van der Waals surface area contributed by atoms with E-state index in [-0.39, 0.29) is 24.2 Å². The van der Waals surface area contributed by atoms with Crippen LogP contribution in [0.15, 0.2) is 28.8 Å². The molecule has 4 N–H and O–H groups in total. The summed E-state index contributed by atoms with van der Waals surface area (Å²) in [5.74, 6) is 0.772. The highest BCUT2D eigenvalue weighted by atomic mass is 19.1. The number of nitrogens with zero attached hydrogens (tertiary/aromatic N) is 3. The molecule has 0 unspecified atom stereocenters. The largest absolute Gasteiger partial charge is 0.489 e. The second-order valence-corrected chi connectivity index (χ2v) is 7.92. The summed E-state index contributed by atoms with van der Waals surface area (Å²) in [5.41, 5.74) is 8.47. The summed E-state index contributed by atoms with van der Waals surface area (Å²) < 4.78 is 25.5. The lowest BCUT2D eigenvalue weighted by atomic mass is 10.1. The van der Waals surface area contributed by atoms with E-state index >= 15 is 0 Å². The molecule has 31 heavy (non-hydrogen) atoms. The van der Waals surface area contributed by atoms with Crippen molar-refractivity contribution in [2.24, 2.45) is 5.73 Å². The zero-order valence-corrected chi connectivity index (χ0v) is 18.3. The Morgan fingerprint density at radius 2 is 1.90 bits per heavy atom. The molecule has 0 fully saturated rings. The van der Waals surface area contributed by atoms with E-state index in [1.54, 1.807) is 19.9 Å². The fraction of sp³-hybridized carbons (Fsp3) is 0.409. The molecule has 0 aliphatic heterocycles. The van der Waals surface area contributed by atoms with Gasteiger partial charge in [0.25, 0.3) is 5.89 Å². The first kappa shape index (κ1) is 22.6. The minimum atomic E-state index is -0.755. The highest BCUT2D eigenvalue weighted by Gasteiger charge is 2.18. The van der Waals surface area contributed by atoms with Gasteiger partial charge in [0.05, 0.1) is 12.1 Å². The molecule has 0 saturated carbocycles. The van der Waals surface area contributed by atoms with Gasteiger partial charge >= 0.3 is 0 Å². The molecule has 9 heteroatoms. The van der Waals surface area contributed by atoms with Crippen molar-refractivity contribution < 1.29 is 18.8 Å². The maximum absolute atomic E-state index is 14.6. The van der Waals surface area contributed by atoms with E-state index in [2.05, 4.69) is 20.4 Å². The number of anilines is 1. The van der Waals surface area contributed by atoms with Gasteiger partial charge in [-0.05, 0) is 64.4 Å². The van der Waals surface area contributed by atoms with Crippen LogP contribution in [0.4, 0.5) is 10.2 Å². The number of hydrogen-bond acceptors (Lipinski definition) is 8. The minimum Gasteiger partial charge on any atom is -0.489 e. The molecule has 0 saturated heterocycles. The number of aromatic nitrogens is 3. The van der Waals surface area contributed by atoms with E-state index in [0.717, 1.165) is 11.3 Å². The van der Waals surface area contributed by atoms with Crippen molar-refractivity contribution >= 4 is 5.82 Å². The molecular formula is C22H28FN5O3. The van der Waals surface area contributed by atoms with Crippen LogP contribution in [0.5, 0.6) is 5.75 Å². The van der Waals surface area contributed by atoms with Crippen LogP contribution in [-0.4, -0.2) is 45.0 Å². The van der Waals surface area contributed by atoms with Crippen molar-refractivity contribution in [1.29, 1.82) is 0 Å². The zero-order valence-electron chi connectivity index (χ0n) is 18.3. The standard InChI is InChI=1S/C22H28FN5O3/c1-11(2)25-20-8-15(7-13(4)26-20)22-27-21(28-31-22)16-9-17(23)19(6-12(16)3)30-10-18(24)14(5)29/h6-9,11,14,18,29H,10,24H2,1-5H3,(H,25,26)/t14-,18+/m1/s1. The van der Waals surface area contributed by atoms with Crippen LogP contribution in [0.1, 0.15) is 32.0 Å². The Balaban J connectivity index is 1.86. The molecule has 3 rings (SSSR count). The number of benzene rings is 1. The van der Waals surface area contributed by atoms with Crippen molar-refractivity contribution in [1.82, 2.24) is 15.1 Å². The molecule has 3 aromatic rings. The molecule has 166 valence electrons.